The number of aromatic nitrogens is 2. The average Bonchev–Trinajstić information content (AvgIpc) is 3.19. The SMILES string of the molecule is Cc1noc(CSc2ccc(C(=O)N3CCC(C)(CN)C3)cc2)n1.Cl. The highest BCUT2D eigenvalue weighted by Crippen LogP contribution is 2.30. The first kappa shape index (κ1) is 19.8. The third kappa shape index (κ3) is 4.74. The number of thioether (sulfide) groups is 1. The first-order chi connectivity index (χ1) is 11.5. The Kier molecular flexibility index (Phi) is 6.48. The van der Waals surface area contributed by atoms with Crippen molar-refractivity contribution in [2.45, 2.75) is 30.9 Å². The summed E-state index contributed by atoms with van der Waals surface area (Å²) < 4.78 is 5.09. The molecule has 0 aliphatic carbocycles. The number of hydrogen-bond acceptors (Lipinski definition) is 6. The highest BCUT2D eigenvalue weighted by Gasteiger charge is 2.35. The molecule has 1 aliphatic heterocycles. The van der Waals surface area contributed by atoms with Crippen molar-refractivity contribution in [3.8, 4) is 0 Å². The van der Waals surface area contributed by atoms with Crippen LogP contribution in [0.25, 0.3) is 0 Å². The van der Waals surface area contributed by atoms with Gasteiger partial charge in [-0.3, -0.25) is 4.79 Å². The third-order valence-electron chi connectivity index (χ3n) is 4.37. The molecule has 1 aliphatic rings. The van der Waals surface area contributed by atoms with Gasteiger partial charge in [0.1, 0.15) is 0 Å². The number of benzene rings is 1. The Labute approximate surface area is 157 Å². The van der Waals surface area contributed by atoms with Crippen LogP contribution in [-0.2, 0) is 5.75 Å². The summed E-state index contributed by atoms with van der Waals surface area (Å²) in [6.45, 7) is 6.06. The molecule has 8 heteroatoms. The van der Waals surface area contributed by atoms with Crippen molar-refractivity contribution in [2.24, 2.45) is 11.1 Å². The number of amides is 1. The van der Waals surface area contributed by atoms with Crippen LogP contribution >= 0.6 is 24.2 Å². The largest absolute Gasteiger partial charge is 0.338 e. The van der Waals surface area contributed by atoms with Gasteiger partial charge >= 0.3 is 0 Å². The normalized spacial score (nSPS) is 19.7. The van der Waals surface area contributed by atoms with Gasteiger partial charge in [0.15, 0.2) is 5.82 Å². The fourth-order valence-electron chi connectivity index (χ4n) is 2.78. The van der Waals surface area contributed by atoms with Gasteiger partial charge in [0.25, 0.3) is 5.91 Å². The second kappa shape index (κ2) is 8.21. The van der Waals surface area contributed by atoms with Crippen LogP contribution in [-0.4, -0.2) is 40.6 Å². The second-order valence-electron chi connectivity index (χ2n) is 6.54. The lowest BCUT2D eigenvalue weighted by Crippen LogP contribution is -2.34. The van der Waals surface area contributed by atoms with Gasteiger partial charge in [-0.2, -0.15) is 4.98 Å². The van der Waals surface area contributed by atoms with Gasteiger partial charge < -0.3 is 15.2 Å². The van der Waals surface area contributed by atoms with Crippen LogP contribution in [0.15, 0.2) is 33.7 Å². The van der Waals surface area contributed by atoms with Crippen molar-refractivity contribution in [1.29, 1.82) is 0 Å². The maximum absolute atomic E-state index is 12.6. The van der Waals surface area contributed by atoms with E-state index in [4.69, 9.17) is 10.3 Å². The molecular weight excluding hydrogens is 360 g/mol. The fourth-order valence-corrected chi connectivity index (χ4v) is 3.52. The smallest absolute Gasteiger partial charge is 0.253 e. The highest BCUT2D eigenvalue weighted by atomic mass is 35.5. The van der Waals surface area contributed by atoms with E-state index in [1.807, 2.05) is 29.2 Å². The molecule has 2 aromatic rings. The van der Waals surface area contributed by atoms with Crippen molar-refractivity contribution < 1.29 is 9.32 Å². The number of carbonyl (C=O) groups is 1. The van der Waals surface area contributed by atoms with Gasteiger partial charge in [0, 0.05) is 23.5 Å². The first-order valence-corrected chi connectivity index (χ1v) is 8.99. The summed E-state index contributed by atoms with van der Waals surface area (Å²) in [5.41, 5.74) is 6.58. The molecule has 1 saturated heterocycles. The molecule has 1 aromatic carbocycles. The van der Waals surface area contributed by atoms with Gasteiger partial charge in [-0.1, -0.05) is 12.1 Å². The maximum Gasteiger partial charge on any atom is 0.253 e. The van der Waals surface area contributed by atoms with E-state index in [9.17, 15) is 4.79 Å². The lowest BCUT2D eigenvalue weighted by Gasteiger charge is -2.22. The molecule has 1 aromatic heterocycles. The summed E-state index contributed by atoms with van der Waals surface area (Å²) in [6, 6.07) is 7.67. The van der Waals surface area contributed by atoms with E-state index in [0.717, 1.165) is 24.4 Å². The van der Waals surface area contributed by atoms with E-state index in [0.29, 0.717) is 29.6 Å². The lowest BCUT2D eigenvalue weighted by molar-refractivity contribution is 0.0777. The molecule has 136 valence electrons. The summed E-state index contributed by atoms with van der Waals surface area (Å²) in [4.78, 5) is 19.7. The monoisotopic (exact) mass is 382 g/mol. The highest BCUT2D eigenvalue weighted by molar-refractivity contribution is 7.98. The number of likely N-dealkylation sites (tertiary alicyclic amines) is 1. The zero-order valence-electron chi connectivity index (χ0n) is 14.4. The number of hydrogen-bond donors (Lipinski definition) is 1. The number of nitrogens with two attached hydrogens (primary N) is 1. The third-order valence-corrected chi connectivity index (χ3v) is 5.37. The van der Waals surface area contributed by atoms with Crippen LogP contribution in [0.1, 0.15) is 35.4 Å². The van der Waals surface area contributed by atoms with Crippen molar-refractivity contribution in [1.82, 2.24) is 15.0 Å². The van der Waals surface area contributed by atoms with Crippen molar-refractivity contribution >= 4 is 30.1 Å². The molecule has 3 rings (SSSR count). The minimum Gasteiger partial charge on any atom is -0.338 e. The van der Waals surface area contributed by atoms with Crippen LogP contribution in [0.5, 0.6) is 0 Å². The van der Waals surface area contributed by atoms with Crippen LogP contribution in [0.3, 0.4) is 0 Å². The molecule has 1 atom stereocenters. The molecule has 1 unspecified atom stereocenters. The molecule has 1 amide bonds. The average molecular weight is 383 g/mol. The van der Waals surface area contributed by atoms with Gasteiger partial charge in [0.05, 0.1) is 5.75 Å². The Bertz CT molecular complexity index is 722. The second-order valence-corrected chi connectivity index (χ2v) is 7.59. The Morgan fingerprint density at radius 3 is 2.68 bits per heavy atom. The summed E-state index contributed by atoms with van der Waals surface area (Å²) in [5.74, 6) is 1.95. The molecule has 2 N–H and O–H groups in total. The van der Waals surface area contributed by atoms with Crippen molar-refractivity contribution in [2.75, 3.05) is 19.6 Å². The number of aryl methyl sites for hydroxylation is 1. The van der Waals surface area contributed by atoms with Gasteiger partial charge in [-0.15, -0.1) is 24.2 Å². The quantitative estimate of drug-likeness (QED) is 0.800. The molecule has 2 heterocycles. The summed E-state index contributed by atoms with van der Waals surface area (Å²) in [5, 5.41) is 3.77. The molecule has 1 fully saturated rings. The zero-order valence-corrected chi connectivity index (χ0v) is 16.0. The minimum atomic E-state index is 0. The minimum absolute atomic E-state index is 0. The fraction of sp³-hybridized carbons (Fsp3) is 0.471. The van der Waals surface area contributed by atoms with E-state index >= 15 is 0 Å². The maximum atomic E-state index is 12.6. The Balaban J connectivity index is 0.00000225. The molecule has 6 nitrogen and oxygen atoms in total. The van der Waals surface area contributed by atoms with Crippen LogP contribution in [0, 0.1) is 12.3 Å². The molecule has 25 heavy (non-hydrogen) atoms. The van der Waals surface area contributed by atoms with E-state index in [2.05, 4.69) is 17.1 Å². The van der Waals surface area contributed by atoms with E-state index < -0.39 is 0 Å². The first-order valence-electron chi connectivity index (χ1n) is 8.00. The molecule has 0 radical (unpaired) electrons. The van der Waals surface area contributed by atoms with E-state index in [1.54, 1.807) is 18.7 Å². The van der Waals surface area contributed by atoms with Gasteiger partial charge in [-0.25, -0.2) is 0 Å². The Hall–Kier alpha value is -1.57. The van der Waals surface area contributed by atoms with Crippen LogP contribution in [0.4, 0.5) is 0 Å². The molecule has 0 saturated carbocycles. The van der Waals surface area contributed by atoms with Gasteiger partial charge in [0.2, 0.25) is 5.89 Å². The number of carbonyl (C=O) groups excluding carboxylic acids is 1. The Morgan fingerprint density at radius 2 is 2.12 bits per heavy atom. The molecule has 0 spiro atoms. The summed E-state index contributed by atoms with van der Waals surface area (Å²) in [6.07, 6.45) is 0.965. The standard InChI is InChI=1S/C17H22N4O2S.ClH/c1-12-19-15(23-20-12)9-24-14-5-3-13(4-6-14)16(22)21-8-7-17(2,10-18)11-21;/h3-6H,7-11,18H2,1-2H3;1H. The number of halogens is 1. The summed E-state index contributed by atoms with van der Waals surface area (Å²) >= 11 is 1.61. The van der Waals surface area contributed by atoms with E-state index in [-0.39, 0.29) is 23.7 Å². The van der Waals surface area contributed by atoms with Crippen LogP contribution < -0.4 is 5.73 Å². The predicted octanol–water partition coefficient (Wildman–Crippen LogP) is 2.90. The van der Waals surface area contributed by atoms with Gasteiger partial charge in [-0.05, 0) is 49.6 Å². The number of nitrogens with zero attached hydrogens (tertiary/aromatic N) is 3. The number of rotatable bonds is 5. The molecule has 0 bridgehead atoms. The topological polar surface area (TPSA) is 85.2 Å². The predicted molar refractivity (Wildman–Crippen MR) is 100.0 cm³/mol. The Morgan fingerprint density at radius 1 is 1.40 bits per heavy atom. The molecular formula is C17H23ClN4O2S. The summed E-state index contributed by atoms with van der Waals surface area (Å²) in [7, 11) is 0. The van der Waals surface area contributed by atoms with E-state index in [1.165, 1.54) is 0 Å². The van der Waals surface area contributed by atoms with Crippen molar-refractivity contribution in [3.63, 3.8) is 0 Å². The van der Waals surface area contributed by atoms with Crippen molar-refractivity contribution in [3.05, 3.63) is 41.5 Å². The lowest BCUT2D eigenvalue weighted by atomic mass is 9.90. The van der Waals surface area contributed by atoms with Crippen LogP contribution in [0.2, 0.25) is 0 Å². The zero-order chi connectivity index (χ0) is 17.2.